The summed E-state index contributed by atoms with van der Waals surface area (Å²) in [5.74, 6) is 0.847. The summed E-state index contributed by atoms with van der Waals surface area (Å²) in [6, 6.07) is 9.39. The molecule has 24 heavy (non-hydrogen) atoms. The van der Waals surface area contributed by atoms with E-state index in [2.05, 4.69) is 9.73 Å². The highest BCUT2D eigenvalue weighted by Crippen LogP contribution is 2.29. The molecule has 2 rings (SSSR count). The van der Waals surface area contributed by atoms with E-state index in [1.807, 2.05) is 0 Å². The van der Waals surface area contributed by atoms with Crippen LogP contribution in [0.1, 0.15) is 11.1 Å². The van der Waals surface area contributed by atoms with Gasteiger partial charge in [-0.2, -0.15) is 8.78 Å². The molecule has 0 aliphatic rings. The summed E-state index contributed by atoms with van der Waals surface area (Å²) in [4.78, 5) is 4.23. The number of nitrogens with zero attached hydrogens (tertiary/aromatic N) is 1. The maximum absolute atomic E-state index is 12.3. The zero-order chi connectivity index (χ0) is 17.5. The van der Waals surface area contributed by atoms with Crippen LogP contribution in [0, 0.1) is 0 Å². The van der Waals surface area contributed by atoms with Crippen molar-refractivity contribution >= 4 is 6.21 Å². The molecule has 0 atom stereocenters. The fraction of sp³-hybridized carbons (Fsp3) is 0.235. The molecule has 2 aromatic rings. The van der Waals surface area contributed by atoms with E-state index in [4.69, 9.17) is 9.47 Å². The van der Waals surface area contributed by atoms with Crippen LogP contribution in [0.25, 0.3) is 0 Å². The van der Waals surface area contributed by atoms with Crippen LogP contribution in [0.15, 0.2) is 41.4 Å². The van der Waals surface area contributed by atoms with E-state index in [9.17, 15) is 13.9 Å². The Hall–Kier alpha value is -2.83. The summed E-state index contributed by atoms with van der Waals surface area (Å²) >= 11 is 0. The summed E-state index contributed by atoms with van der Waals surface area (Å²) in [5.41, 5.74) is 1.26. The van der Waals surface area contributed by atoms with Gasteiger partial charge in [0.05, 0.1) is 20.8 Å². The smallest absolute Gasteiger partial charge is 0.387 e. The predicted octanol–water partition coefficient (Wildman–Crippen LogP) is 3.63. The quantitative estimate of drug-likeness (QED) is 0.784. The second kappa shape index (κ2) is 8.14. The topological polar surface area (TPSA) is 60.3 Å². The van der Waals surface area contributed by atoms with Gasteiger partial charge in [0.2, 0.25) is 0 Å². The van der Waals surface area contributed by atoms with Gasteiger partial charge >= 0.3 is 6.61 Å². The lowest BCUT2D eigenvalue weighted by Crippen LogP contribution is -2.03. The molecule has 0 amide bonds. The molecule has 0 radical (unpaired) electrons. The Morgan fingerprint density at radius 2 is 1.88 bits per heavy atom. The number of phenolic OH excluding ortho intramolecular Hbond substituents is 1. The van der Waals surface area contributed by atoms with Crippen molar-refractivity contribution in [3.63, 3.8) is 0 Å². The van der Waals surface area contributed by atoms with Crippen molar-refractivity contribution < 1.29 is 28.1 Å². The Bertz CT molecular complexity index is 720. The van der Waals surface area contributed by atoms with Gasteiger partial charge in [-0.1, -0.05) is 6.07 Å². The normalized spacial score (nSPS) is 11.0. The van der Waals surface area contributed by atoms with Crippen LogP contribution >= 0.6 is 0 Å². The van der Waals surface area contributed by atoms with Crippen LogP contribution < -0.4 is 14.2 Å². The standard InChI is InChI=1S/C17H17F2NO4/c1-22-13-4-5-14(21)12(8-13)10-20-9-11-3-6-15(24-17(18)19)16(7-11)23-2/h3-8,10,17,21H,9H2,1-2H3. The van der Waals surface area contributed by atoms with Gasteiger partial charge < -0.3 is 19.3 Å². The molecule has 0 saturated heterocycles. The highest BCUT2D eigenvalue weighted by atomic mass is 19.3. The third kappa shape index (κ3) is 4.58. The number of rotatable bonds is 7. The molecular weight excluding hydrogens is 320 g/mol. The monoisotopic (exact) mass is 337 g/mol. The van der Waals surface area contributed by atoms with E-state index in [1.54, 1.807) is 24.3 Å². The van der Waals surface area contributed by atoms with E-state index in [0.717, 1.165) is 5.56 Å². The summed E-state index contributed by atoms with van der Waals surface area (Å²) in [5, 5.41) is 9.78. The minimum Gasteiger partial charge on any atom is -0.507 e. The molecular formula is C17H17F2NO4. The lowest BCUT2D eigenvalue weighted by Gasteiger charge is -2.10. The fourth-order valence-electron chi connectivity index (χ4n) is 2.02. The van der Waals surface area contributed by atoms with Gasteiger partial charge in [0, 0.05) is 11.8 Å². The van der Waals surface area contributed by atoms with Crippen molar-refractivity contribution in [1.82, 2.24) is 0 Å². The van der Waals surface area contributed by atoms with Crippen molar-refractivity contribution in [3.05, 3.63) is 47.5 Å². The third-order valence-electron chi connectivity index (χ3n) is 3.18. The van der Waals surface area contributed by atoms with Gasteiger partial charge in [-0.05, 0) is 35.9 Å². The maximum Gasteiger partial charge on any atom is 0.387 e. The number of ether oxygens (including phenoxy) is 3. The molecule has 0 spiro atoms. The molecule has 0 aromatic heterocycles. The summed E-state index contributed by atoms with van der Waals surface area (Å²) in [6.45, 7) is -2.64. The largest absolute Gasteiger partial charge is 0.507 e. The van der Waals surface area contributed by atoms with Gasteiger partial charge in [-0.3, -0.25) is 4.99 Å². The lowest BCUT2D eigenvalue weighted by molar-refractivity contribution is -0.0512. The Balaban J connectivity index is 2.11. The van der Waals surface area contributed by atoms with E-state index >= 15 is 0 Å². The second-order valence-electron chi connectivity index (χ2n) is 4.76. The van der Waals surface area contributed by atoms with Crippen molar-refractivity contribution in [3.8, 4) is 23.0 Å². The number of hydrogen-bond acceptors (Lipinski definition) is 5. The molecule has 0 aliphatic carbocycles. The van der Waals surface area contributed by atoms with Gasteiger partial charge in [-0.15, -0.1) is 0 Å². The maximum atomic E-state index is 12.3. The number of hydrogen-bond donors (Lipinski definition) is 1. The first kappa shape index (κ1) is 17.5. The Kier molecular flexibility index (Phi) is 5.95. The molecule has 128 valence electrons. The van der Waals surface area contributed by atoms with Gasteiger partial charge in [0.15, 0.2) is 11.5 Å². The highest BCUT2D eigenvalue weighted by Gasteiger charge is 2.10. The third-order valence-corrected chi connectivity index (χ3v) is 3.18. The number of alkyl halides is 2. The molecule has 1 N–H and O–H groups in total. The highest BCUT2D eigenvalue weighted by molar-refractivity contribution is 5.84. The zero-order valence-electron chi connectivity index (χ0n) is 13.2. The predicted molar refractivity (Wildman–Crippen MR) is 85.6 cm³/mol. The number of methoxy groups -OCH3 is 2. The average molecular weight is 337 g/mol. The van der Waals surface area contributed by atoms with Gasteiger partial charge in [0.25, 0.3) is 0 Å². The molecule has 0 heterocycles. The lowest BCUT2D eigenvalue weighted by atomic mass is 10.2. The Morgan fingerprint density at radius 3 is 2.54 bits per heavy atom. The fourth-order valence-corrected chi connectivity index (χ4v) is 2.02. The van der Waals surface area contributed by atoms with E-state index < -0.39 is 6.61 Å². The van der Waals surface area contributed by atoms with E-state index in [-0.39, 0.29) is 23.8 Å². The van der Waals surface area contributed by atoms with Crippen LogP contribution in [-0.2, 0) is 6.54 Å². The second-order valence-corrected chi connectivity index (χ2v) is 4.76. The summed E-state index contributed by atoms with van der Waals surface area (Å²) in [7, 11) is 2.90. The summed E-state index contributed by atoms with van der Waals surface area (Å²) < 4.78 is 39.1. The van der Waals surface area contributed by atoms with E-state index in [1.165, 1.54) is 32.6 Å². The SMILES string of the molecule is COc1ccc(O)c(C=NCc2ccc(OC(F)F)c(OC)c2)c1. The Labute approximate surface area is 138 Å². The first-order valence-electron chi connectivity index (χ1n) is 7.02. The summed E-state index contributed by atoms with van der Waals surface area (Å²) in [6.07, 6.45) is 1.51. The molecule has 5 nitrogen and oxygen atoms in total. The van der Waals surface area contributed by atoms with E-state index in [0.29, 0.717) is 11.3 Å². The molecule has 2 aromatic carbocycles. The first-order chi connectivity index (χ1) is 11.5. The van der Waals surface area contributed by atoms with Crippen molar-refractivity contribution in [2.45, 2.75) is 13.2 Å². The number of aromatic hydroxyl groups is 1. The molecule has 7 heteroatoms. The molecule has 0 aliphatic heterocycles. The van der Waals surface area contributed by atoms with Crippen molar-refractivity contribution in [2.75, 3.05) is 14.2 Å². The number of aliphatic imine (C=N–C) groups is 1. The van der Waals surface area contributed by atoms with Crippen LogP contribution in [0.4, 0.5) is 8.78 Å². The van der Waals surface area contributed by atoms with Crippen LogP contribution in [0.3, 0.4) is 0 Å². The number of benzene rings is 2. The Morgan fingerprint density at radius 1 is 1.08 bits per heavy atom. The molecule has 0 bridgehead atoms. The van der Waals surface area contributed by atoms with Crippen molar-refractivity contribution in [1.29, 1.82) is 0 Å². The minimum absolute atomic E-state index is 0.0364. The van der Waals surface area contributed by atoms with Crippen LogP contribution in [0.5, 0.6) is 23.0 Å². The van der Waals surface area contributed by atoms with Gasteiger partial charge in [-0.25, -0.2) is 0 Å². The van der Waals surface area contributed by atoms with Crippen molar-refractivity contribution in [2.24, 2.45) is 4.99 Å². The molecule has 0 saturated carbocycles. The zero-order valence-corrected chi connectivity index (χ0v) is 13.2. The molecule has 0 fully saturated rings. The number of phenols is 1. The first-order valence-corrected chi connectivity index (χ1v) is 7.02. The molecule has 0 unspecified atom stereocenters. The van der Waals surface area contributed by atoms with Crippen LogP contribution in [0.2, 0.25) is 0 Å². The van der Waals surface area contributed by atoms with Crippen LogP contribution in [-0.4, -0.2) is 32.2 Å². The number of halogens is 2. The minimum atomic E-state index is -2.92. The average Bonchev–Trinajstić information content (AvgIpc) is 2.57. The van der Waals surface area contributed by atoms with Gasteiger partial charge in [0.1, 0.15) is 11.5 Å².